The van der Waals surface area contributed by atoms with E-state index in [4.69, 9.17) is 4.74 Å². The molecule has 0 aliphatic heterocycles. The Morgan fingerprint density at radius 3 is 2.75 bits per heavy atom. The summed E-state index contributed by atoms with van der Waals surface area (Å²) in [4.78, 5) is 15.4. The summed E-state index contributed by atoms with van der Waals surface area (Å²) in [5.41, 5.74) is 2.57. The standard InChI is InChI=1S/C13H17NO2/c1-4-11-5-6-12(14-9-11)7-8-16-13(15)10(2)3/h5-6,9H,2,4,7-8H2,1,3H3. The van der Waals surface area contributed by atoms with Crippen molar-refractivity contribution in [2.75, 3.05) is 6.61 Å². The topological polar surface area (TPSA) is 39.2 Å². The molecule has 0 aliphatic carbocycles. The van der Waals surface area contributed by atoms with Crippen LogP contribution in [0.4, 0.5) is 0 Å². The third-order valence-electron chi connectivity index (χ3n) is 2.23. The van der Waals surface area contributed by atoms with E-state index in [1.54, 1.807) is 6.92 Å². The van der Waals surface area contributed by atoms with E-state index in [0.29, 0.717) is 18.6 Å². The molecule has 0 saturated carbocycles. The van der Waals surface area contributed by atoms with Crippen molar-refractivity contribution in [1.29, 1.82) is 0 Å². The maximum atomic E-state index is 11.1. The minimum absolute atomic E-state index is 0.342. The first kappa shape index (κ1) is 12.4. The predicted octanol–water partition coefficient (Wildman–Crippen LogP) is 2.31. The number of ether oxygens (including phenoxy) is 1. The van der Waals surface area contributed by atoms with Crippen molar-refractivity contribution in [2.45, 2.75) is 26.7 Å². The molecular weight excluding hydrogens is 202 g/mol. The second-order valence-corrected chi connectivity index (χ2v) is 3.68. The number of carbonyl (C=O) groups is 1. The van der Waals surface area contributed by atoms with E-state index in [9.17, 15) is 4.79 Å². The van der Waals surface area contributed by atoms with E-state index in [-0.39, 0.29) is 5.97 Å². The van der Waals surface area contributed by atoms with Crippen molar-refractivity contribution in [1.82, 2.24) is 4.98 Å². The van der Waals surface area contributed by atoms with Gasteiger partial charge in [-0.1, -0.05) is 19.6 Å². The molecule has 0 fully saturated rings. The van der Waals surface area contributed by atoms with Gasteiger partial charge < -0.3 is 4.74 Å². The van der Waals surface area contributed by atoms with Crippen LogP contribution in [-0.2, 0) is 22.4 Å². The van der Waals surface area contributed by atoms with Crippen LogP contribution in [0.5, 0.6) is 0 Å². The third-order valence-corrected chi connectivity index (χ3v) is 2.23. The molecule has 1 heterocycles. The van der Waals surface area contributed by atoms with Crippen LogP contribution in [0.15, 0.2) is 30.5 Å². The highest BCUT2D eigenvalue weighted by Gasteiger charge is 2.03. The SMILES string of the molecule is C=C(C)C(=O)OCCc1ccc(CC)cn1. The van der Waals surface area contributed by atoms with Gasteiger partial charge in [-0.25, -0.2) is 4.79 Å². The van der Waals surface area contributed by atoms with E-state index in [2.05, 4.69) is 18.5 Å². The molecular formula is C13H17NO2. The van der Waals surface area contributed by atoms with Crippen LogP contribution in [0, 0.1) is 0 Å². The molecule has 86 valence electrons. The van der Waals surface area contributed by atoms with Crippen LogP contribution in [0.1, 0.15) is 25.1 Å². The lowest BCUT2D eigenvalue weighted by Gasteiger charge is -2.04. The van der Waals surface area contributed by atoms with Gasteiger partial charge in [-0.2, -0.15) is 0 Å². The highest BCUT2D eigenvalue weighted by Crippen LogP contribution is 2.02. The van der Waals surface area contributed by atoms with Gasteiger partial charge in [0.05, 0.1) is 6.61 Å². The van der Waals surface area contributed by atoms with Gasteiger partial charge in [0.15, 0.2) is 0 Å². The van der Waals surface area contributed by atoms with E-state index in [1.165, 1.54) is 5.56 Å². The molecule has 0 unspecified atom stereocenters. The van der Waals surface area contributed by atoms with Crippen molar-refractivity contribution in [3.05, 3.63) is 41.7 Å². The van der Waals surface area contributed by atoms with E-state index in [0.717, 1.165) is 12.1 Å². The summed E-state index contributed by atoms with van der Waals surface area (Å²) in [6.45, 7) is 7.59. The summed E-state index contributed by atoms with van der Waals surface area (Å²) in [5.74, 6) is -0.342. The molecule has 0 amide bonds. The lowest BCUT2D eigenvalue weighted by Crippen LogP contribution is -2.08. The molecule has 0 spiro atoms. The highest BCUT2D eigenvalue weighted by molar-refractivity contribution is 5.86. The minimum Gasteiger partial charge on any atom is -0.462 e. The molecule has 3 heteroatoms. The summed E-state index contributed by atoms with van der Waals surface area (Å²) in [7, 11) is 0. The first-order valence-electron chi connectivity index (χ1n) is 5.40. The van der Waals surface area contributed by atoms with Gasteiger partial charge in [0.25, 0.3) is 0 Å². The van der Waals surface area contributed by atoms with E-state index in [1.807, 2.05) is 18.3 Å². The minimum atomic E-state index is -0.342. The number of aromatic nitrogens is 1. The molecule has 0 radical (unpaired) electrons. The highest BCUT2D eigenvalue weighted by atomic mass is 16.5. The first-order chi connectivity index (χ1) is 7.63. The lowest BCUT2D eigenvalue weighted by atomic mass is 10.2. The summed E-state index contributed by atoms with van der Waals surface area (Å²) in [6, 6.07) is 4.01. The number of pyridine rings is 1. The molecule has 0 bridgehead atoms. The maximum absolute atomic E-state index is 11.1. The van der Waals surface area contributed by atoms with Gasteiger partial charge in [0, 0.05) is 23.9 Å². The van der Waals surface area contributed by atoms with Crippen molar-refractivity contribution < 1.29 is 9.53 Å². The Hall–Kier alpha value is -1.64. The van der Waals surface area contributed by atoms with Crippen molar-refractivity contribution in [2.24, 2.45) is 0 Å². The Labute approximate surface area is 96.2 Å². The number of esters is 1. The number of rotatable bonds is 5. The quantitative estimate of drug-likeness (QED) is 0.563. The first-order valence-corrected chi connectivity index (χ1v) is 5.40. The van der Waals surface area contributed by atoms with Gasteiger partial charge in [-0.05, 0) is 25.0 Å². The van der Waals surface area contributed by atoms with Crippen molar-refractivity contribution >= 4 is 5.97 Å². The zero-order valence-electron chi connectivity index (χ0n) is 9.82. The Morgan fingerprint density at radius 1 is 1.50 bits per heavy atom. The molecule has 1 aromatic rings. The van der Waals surface area contributed by atoms with E-state index >= 15 is 0 Å². The number of hydrogen-bond acceptors (Lipinski definition) is 3. The molecule has 0 saturated heterocycles. The van der Waals surface area contributed by atoms with Crippen LogP contribution in [0.2, 0.25) is 0 Å². The molecule has 0 N–H and O–H groups in total. The van der Waals surface area contributed by atoms with E-state index < -0.39 is 0 Å². The van der Waals surface area contributed by atoms with Gasteiger partial charge in [0.1, 0.15) is 0 Å². The summed E-state index contributed by atoms with van der Waals surface area (Å²) in [6.07, 6.45) is 3.48. The largest absolute Gasteiger partial charge is 0.462 e. The van der Waals surface area contributed by atoms with Crippen LogP contribution >= 0.6 is 0 Å². The fraction of sp³-hybridized carbons (Fsp3) is 0.385. The van der Waals surface area contributed by atoms with Crippen LogP contribution in [0.25, 0.3) is 0 Å². The molecule has 16 heavy (non-hydrogen) atoms. The summed E-state index contributed by atoms with van der Waals surface area (Å²) in [5, 5.41) is 0. The third kappa shape index (κ3) is 3.85. The van der Waals surface area contributed by atoms with Crippen molar-refractivity contribution in [3.63, 3.8) is 0 Å². The fourth-order valence-corrected chi connectivity index (χ4v) is 1.18. The zero-order valence-corrected chi connectivity index (χ0v) is 9.82. The van der Waals surface area contributed by atoms with Crippen molar-refractivity contribution in [3.8, 4) is 0 Å². The van der Waals surface area contributed by atoms with Crippen LogP contribution < -0.4 is 0 Å². The molecule has 0 aliphatic rings. The second-order valence-electron chi connectivity index (χ2n) is 3.68. The molecule has 1 rings (SSSR count). The lowest BCUT2D eigenvalue weighted by molar-refractivity contribution is -0.138. The molecule has 3 nitrogen and oxygen atoms in total. The molecule has 1 aromatic heterocycles. The molecule has 0 atom stereocenters. The number of hydrogen-bond donors (Lipinski definition) is 0. The van der Waals surface area contributed by atoms with Gasteiger partial charge in [-0.3, -0.25) is 4.98 Å². The van der Waals surface area contributed by atoms with Gasteiger partial charge in [0.2, 0.25) is 0 Å². The average Bonchev–Trinajstić information content (AvgIpc) is 2.29. The average molecular weight is 219 g/mol. The second kappa shape index (κ2) is 6.05. The Kier molecular flexibility index (Phi) is 4.70. The predicted molar refractivity (Wildman–Crippen MR) is 63.1 cm³/mol. The monoisotopic (exact) mass is 219 g/mol. The van der Waals surface area contributed by atoms with Gasteiger partial charge in [-0.15, -0.1) is 0 Å². The maximum Gasteiger partial charge on any atom is 0.333 e. The summed E-state index contributed by atoms with van der Waals surface area (Å²) >= 11 is 0. The van der Waals surface area contributed by atoms with Crippen LogP contribution in [-0.4, -0.2) is 17.6 Å². The number of carbonyl (C=O) groups excluding carboxylic acids is 1. The Bertz CT molecular complexity index is 368. The Balaban J connectivity index is 2.37. The van der Waals surface area contributed by atoms with Crippen LogP contribution in [0.3, 0.4) is 0 Å². The Morgan fingerprint density at radius 2 is 2.25 bits per heavy atom. The zero-order chi connectivity index (χ0) is 12.0. The molecule has 0 aromatic carbocycles. The normalized spacial score (nSPS) is 9.88. The number of nitrogens with zero attached hydrogens (tertiary/aromatic N) is 1. The number of aryl methyl sites for hydroxylation is 1. The smallest absolute Gasteiger partial charge is 0.333 e. The summed E-state index contributed by atoms with van der Waals surface area (Å²) < 4.78 is 4.99. The van der Waals surface area contributed by atoms with Gasteiger partial charge >= 0.3 is 5.97 Å². The fourth-order valence-electron chi connectivity index (χ4n) is 1.18.